The molecule has 4 rings (SSSR count). The number of carbonyl (C=O) groups is 1. The monoisotopic (exact) mass is 393 g/mol. The van der Waals surface area contributed by atoms with E-state index >= 15 is 0 Å². The second kappa shape index (κ2) is 8.79. The Morgan fingerprint density at radius 3 is 2.69 bits per heavy atom. The molecule has 0 saturated carbocycles. The summed E-state index contributed by atoms with van der Waals surface area (Å²) >= 11 is 0. The maximum Gasteiger partial charge on any atom is 0.262 e. The van der Waals surface area contributed by atoms with E-state index in [-0.39, 0.29) is 12.5 Å². The lowest BCUT2D eigenvalue weighted by molar-refractivity contribution is -0.118. The Balaban J connectivity index is 1.49. The Labute approximate surface area is 169 Å². The number of hydrogen-bond donors (Lipinski definition) is 1. The summed E-state index contributed by atoms with van der Waals surface area (Å²) in [5.41, 5.74) is 1.34. The summed E-state index contributed by atoms with van der Waals surface area (Å²) in [5.74, 6) is 1.79. The van der Waals surface area contributed by atoms with Gasteiger partial charge in [0.05, 0.1) is 26.0 Å². The molecule has 2 heterocycles. The largest absolute Gasteiger partial charge is 0.495 e. The molecule has 1 amide bonds. The molecule has 150 valence electrons. The lowest BCUT2D eigenvalue weighted by atomic mass is 10.2. The predicted molar refractivity (Wildman–Crippen MR) is 112 cm³/mol. The number of methoxy groups -OCH3 is 1. The van der Waals surface area contributed by atoms with Crippen LogP contribution in [0, 0.1) is 0 Å². The van der Waals surface area contributed by atoms with Gasteiger partial charge in [-0.2, -0.15) is 0 Å². The Morgan fingerprint density at radius 2 is 1.86 bits per heavy atom. The molecule has 7 heteroatoms. The summed E-state index contributed by atoms with van der Waals surface area (Å²) in [6, 6.07) is 17.0. The molecule has 0 unspecified atom stereocenters. The summed E-state index contributed by atoms with van der Waals surface area (Å²) in [7, 11) is 1.56. The van der Waals surface area contributed by atoms with Gasteiger partial charge in [-0.3, -0.25) is 4.79 Å². The number of fused-ring (bicyclic) bond motifs is 1. The van der Waals surface area contributed by atoms with Crippen LogP contribution in [0.25, 0.3) is 10.9 Å². The van der Waals surface area contributed by atoms with Crippen LogP contribution in [0.4, 0.5) is 11.5 Å². The highest BCUT2D eigenvalue weighted by atomic mass is 16.5. The van der Waals surface area contributed by atoms with Gasteiger partial charge in [0.2, 0.25) is 0 Å². The molecule has 1 aromatic heterocycles. The van der Waals surface area contributed by atoms with Gasteiger partial charge in [-0.05, 0) is 30.3 Å². The highest BCUT2D eigenvalue weighted by Crippen LogP contribution is 2.27. The second-order valence-corrected chi connectivity index (χ2v) is 6.63. The fraction of sp³-hybridized carbons (Fsp3) is 0.273. The van der Waals surface area contributed by atoms with Crippen LogP contribution < -0.4 is 19.7 Å². The van der Waals surface area contributed by atoms with Crippen molar-refractivity contribution in [1.82, 2.24) is 4.98 Å². The topological polar surface area (TPSA) is 72.9 Å². The summed E-state index contributed by atoms with van der Waals surface area (Å²) in [5, 5.41) is 3.77. The zero-order chi connectivity index (χ0) is 20.1. The van der Waals surface area contributed by atoms with E-state index in [0.29, 0.717) is 30.4 Å². The van der Waals surface area contributed by atoms with Crippen LogP contribution in [0.1, 0.15) is 0 Å². The first-order chi connectivity index (χ1) is 14.2. The van der Waals surface area contributed by atoms with Crippen molar-refractivity contribution in [1.29, 1.82) is 0 Å². The van der Waals surface area contributed by atoms with E-state index < -0.39 is 0 Å². The number of pyridine rings is 1. The number of anilines is 2. The number of amides is 1. The number of para-hydroxylation sites is 3. The number of hydrogen-bond acceptors (Lipinski definition) is 6. The van der Waals surface area contributed by atoms with E-state index in [1.807, 2.05) is 42.5 Å². The van der Waals surface area contributed by atoms with Crippen molar-refractivity contribution >= 4 is 28.3 Å². The highest BCUT2D eigenvalue weighted by Gasteiger charge is 2.15. The van der Waals surface area contributed by atoms with Crippen LogP contribution in [0.2, 0.25) is 0 Å². The van der Waals surface area contributed by atoms with Crippen molar-refractivity contribution < 1.29 is 19.0 Å². The van der Waals surface area contributed by atoms with E-state index in [1.54, 1.807) is 19.2 Å². The number of rotatable bonds is 6. The molecular formula is C22H23N3O4. The van der Waals surface area contributed by atoms with E-state index in [9.17, 15) is 4.79 Å². The predicted octanol–water partition coefficient (Wildman–Crippen LogP) is 3.10. The van der Waals surface area contributed by atoms with Gasteiger partial charge in [-0.15, -0.1) is 0 Å². The van der Waals surface area contributed by atoms with Gasteiger partial charge in [-0.1, -0.05) is 24.3 Å². The number of carbonyl (C=O) groups excluding carboxylic acids is 1. The second-order valence-electron chi connectivity index (χ2n) is 6.63. The zero-order valence-corrected chi connectivity index (χ0v) is 16.3. The minimum absolute atomic E-state index is 0.124. The minimum atomic E-state index is -0.268. The Kier molecular flexibility index (Phi) is 5.76. The van der Waals surface area contributed by atoms with Crippen LogP contribution in [0.5, 0.6) is 11.5 Å². The first-order valence-corrected chi connectivity index (χ1v) is 9.53. The summed E-state index contributed by atoms with van der Waals surface area (Å²) in [6.45, 7) is 2.88. The van der Waals surface area contributed by atoms with E-state index in [0.717, 1.165) is 29.8 Å². The Bertz CT molecular complexity index is 1000. The van der Waals surface area contributed by atoms with Crippen LogP contribution >= 0.6 is 0 Å². The van der Waals surface area contributed by atoms with Gasteiger partial charge < -0.3 is 24.4 Å². The van der Waals surface area contributed by atoms with E-state index in [1.165, 1.54) is 0 Å². The number of nitrogens with one attached hydrogen (secondary N) is 1. The lowest BCUT2D eigenvalue weighted by Gasteiger charge is -2.28. The van der Waals surface area contributed by atoms with Crippen LogP contribution in [-0.2, 0) is 9.53 Å². The number of ether oxygens (including phenoxy) is 3. The van der Waals surface area contributed by atoms with Crippen molar-refractivity contribution in [3.8, 4) is 11.5 Å². The molecular weight excluding hydrogens is 370 g/mol. The van der Waals surface area contributed by atoms with Crippen LogP contribution in [0.3, 0.4) is 0 Å². The summed E-state index contributed by atoms with van der Waals surface area (Å²) < 4.78 is 16.5. The molecule has 0 radical (unpaired) electrons. The van der Waals surface area contributed by atoms with Gasteiger partial charge in [0.25, 0.3) is 5.91 Å². The van der Waals surface area contributed by atoms with Crippen LogP contribution in [-0.4, -0.2) is 50.9 Å². The quantitative estimate of drug-likeness (QED) is 0.694. The fourth-order valence-corrected chi connectivity index (χ4v) is 3.27. The average Bonchev–Trinajstić information content (AvgIpc) is 2.78. The maximum absolute atomic E-state index is 12.4. The molecule has 0 atom stereocenters. The first-order valence-electron chi connectivity index (χ1n) is 9.53. The third kappa shape index (κ3) is 4.41. The fourth-order valence-electron chi connectivity index (χ4n) is 3.27. The third-order valence-electron chi connectivity index (χ3n) is 4.74. The number of morpholine rings is 1. The summed E-state index contributed by atoms with van der Waals surface area (Å²) in [4.78, 5) is 19.3. The molecule has 0 spiro atoms. The van der Waals surface area contributed by atoms with Gasteiger partial charge in [0.15, 0.2) is 6.61 Å². The minimum Gasteiger partial charge on any atom is -0.495 e. The molecule has 3 aromatic rings. The van der Waals surface area contributed by atoms with Crippen LogP contribution in [0.15, 0.2) is 54.6 Å². The molecule has 7 nitrogen and oxygen atoms in total. The lowest BCUT2D eigenvalue weighted by Crippen LogP contribution is -2.36. The van der Waals surface area contributed by atoms with Gasteiger partial charge >= 0.3 is 0 Å². The molecule has 1 N–H and O–H groups in total. The number of benzene rings is 2. The molecule has 1 saturated heterocycles. The molecule has 1 aliphatic rings. The van der Waals surface area contributed by atoms with E-state index in [4.69, 9.17) is 19.2 Å². The highest BCUT2D eigenvalue weighted by molar-refractivity contribution is 5.94. The smallest absolute Gasteiger partial charge is 0.262 e. The summed E-state index contributed by atoms with van der Waals surface area (Å²) in [6.07, 6.45) is 0. The van der Waals surface area contributed by atoms with Gasteiger partial charge in [0.1, 0.15) is 22.8 Å². The first kappa shape index (κ1) is 19.0. The number of nitrogens with zero attached hydrogens (tertiary/aromatic N) is 2. The third-order valence-corrected chi connectivity index (χ3v) is 4.74. The van der Waals surface area contributed by atoms with Crippen molar-refractivity contribution in [2.45, 2.75) is 0 Å². The standard InChI is InChI=1S/C22H23N3O4/c1-27-18-7-3-2-6-17(18)23-21(26)15-29-19-8-4-5-16-9-10-20(24-22(16)19)25-11-13-28-14-12-25/h2-10H,11-15H2,1H3,(H,23,26). The molecule has 1 aliphatic heterocycles. The SMILES string of the molecule is COc1ccccc1NC(=O)COc1cccc2ccc(N3CCOCC3)nc12. The van der Waals surface area contributed by atoms with Crippen molar-refractivity contribution in [3.05, 3.63) is 54.6 Å². The van der Waals surface area contributed by atoms with Gasteiger partial charge in [-0.25, -0.2) is 4.98 Å². The van der Waals surface area contributed by atoms with Crippen molar-refractivity contribution in [2.24, 2.45) is 0 Å². The van der Waals surface area contributed by atoms with E-state index in [2.05, 4.69) is 10.2 Å². The van der Waals surface area contributed by atoms with Gasteiger partial charge in [0, 0.05) is 18.5 Å². The Hall–Kier alpha value is -3.32. The molecule has 2 aromatic carbocycles. The van der Waals surface area contributed by atoms with Crippen molar-refractivity contribution in [2.75, 3.05) is 50.2 Å². The average molecular weight is 393 g/mol. The number of aromatic nitrogens is 1. The van der Waals surface area contributed by atoms with Crippen molar-refractivity contribution in [3.63, 3.8) is 0 Å². The molecule has 29 heavy (non-hydrogen) atoms. The molecule has 0 aliphatic carbocycles. The molecule has 1 fully saturated rings. The zero-order valence-electron chi connectivity index (χ0n) is 16.3. The molecule has 0 bridgehead atoms. The normalized spacial score (nSPS) is 13.9. The Morgan fingerprint density at radius 1 is 1.07 bits per heavy atom. The maximum atomic E-state index is 12.4.